The zero-order valence-corrected chi connectivity index (χ0v) is 15.0. The molecule has 6 nitrogen and oxygen atoms in total. The number of rotatable bonds is 8. The predicted octanol–water partition coefficient (Wildman–Crippen LogP) is 1.43. The van der Waals surface area contributed by atoms with Crippen LogP contribution >= 0.6 is 0 Å². The number of anilines is 1. The average Bonchev–Trinajstić information content (AvgIpc) is 2.62. The van der Waals surface area contributed by atoms with Crippen LogP contribution in [0, 0.1) is 0 Å². The van der Waals surface area contributed by atoms with Crippen LogP contribution in [-0.2, 0) is 11.3 Å². The summed E-state index contributed by atoms with van der Waals surface area (Å²) in [5, 5.41) is 2.79. The van der Waals surface area contributed by atoms with Gasteiger partial charge in [-0.05, 0) is 55.5 Å². The number of hydrogen-bond donors (Lipinski definition) is 3. The van der Waals surface area contributed by atoms with Crippen LogP contribution in [0.15, 0.2) is 48.5 Å². The van der Waals surface area contributed by atoms with Crippen LogP contribution in [-0.4, -0.2) is 31.5 Å². The van der Waals surface area contributed by atoms with Crippen molar-refractivity contribution in [2.45, 2.75) is 26.1 Å². The summed E-state index contributed by atoms with van der Waals surface area (Å²) in [5.74, 6) is -0.621. The average molecular weight is 378 g/mol. The molecule has 0 aliphatic rings. The van der Waals surface area contributed by atoms with Crippen molar-refractivity contribution >= 4 is 17.5 Å². The largest absolute Gasteiger partial charge is 0.435 e. The van der Waals surface area contributed by atoms with Crippen LogP contribution < -0.4 is 20.7 Å². The van der Waals surface area contributed by atoms with E-state index >= 15 is 0 Å². The van der Waals surface area contributed by atoms with E-state index in [-0.39, 0.29) is 17.7 Å². The number of halogens is 2. The number of quaternary nitrogens is 1. The molecule has 8 heteroatoms. The molecule has 1 unspecified atom stereocenters. The standard InChI is InChI=1S/C19H21F2N3O3/c1-12(18(26)23-15-7-5-14(6-8-15)17(22)25)24(2)11-13-3-9-16(10-4-13)27-19(20)21/h3-10,12,19H,11H2,1-2H3,(H2,22,25)(H,23,26)/p+1/t12-/m0/s1. The molecular weight excluding hydrogens is 356 g/mol. The molecule has 0 aliphatic carbocycles. The Morgan fingerprint density at radius 1 is 1.11 bits per heavy atom. The summed E-state index contributed by atoms with van der Waals surface area (Å²) >= 11 is 0. The third kappa shape index (κ3) is 6.03. The van der Waals surface area contributed by atoms with Crippen LogP contribution in [0.3, 0.4) is 0 Å². The molecule has 0 aliphatic heterocycles. The van der Waals surface area contributed by atoms with Gasteiger partial charge in [0.25, 0.3) is 5.91 Å². The SMILES string of the molecule is C[C@@H](C(=O)Nc1ccc(C(N)=O)cc1)[NH+](C)Cc1ccc(OC(F)F)cc1. The van der Waals surface area contributed by atoms with Crippen molar-refractivity contribution in [2.75, 3.05) is 12.4 Å². The number of benzene rings is 2. The second-order valence-corrected chi connectivity index (χ2v) is 6.20. The molecule has 2 amide bonds. The maximum absolute atomic E-state index is 12.4. The number of ether oxygens (including phenoxy) is 1. The summed E-state index contributed by atoms with van der Waals surface area (Å²) < 4.78 is 28.7. The van der Waals surface area contributed by atoms with Gasteiger partial charge >= 0.3 is 6.61 Å². The van der Waals surface area contributed by atoms with Crippen molar-refractivity contribution in [3.8, 4) is 5.75 Å². The van der Waals surface area contributed by atoms with Gasteiger partial charge in [0.05, 0.1) is 7.05 Å². The molecule has 0 aromatic heterocycles. The van der Waals surface area contributed by atoms with Gasteiger partial charge in [0.1, 0.15) is 12.3 Å². The smallest absolute Gasteiger partial charge is 0.387 e. The van der Waals surface area contributed by atoms with Crippen molar-refractivity contribution < 1.29 is 28.0 Å². The first-order valence-corrected chi connectivity index (χ1v) is 8.33. The lowest BCUT2D eigenvalue weighted by atomic mass is 10.1. The highest BCUT2D eigenvalue weighted by Gasteiger charge is 2.22. The van der Waals surface area contributed by atoms with Crippen LogP contribution in [0.5, 0.6) is 5.75 Å². The van der Waals surface area contributed by atoms with Crippen molar-refractivity contribution in [3.05, 3.63) is 59.7 Å². The first kappa shape index (κ1) is 20.3. The maximum atomic E-state index is 12.4. The predicted molar refractivity (Wildman–Crippen MR) is 96.7 cm³/mol. The van der Waals surface area contributed by atoms with Gasteiger partial charge in [0, 0.05) is 16.8 Å². The Morgan fingerprint density at radius 3 is 2.22 bits per heavy atom. The number of primary amides is 1. The molecule has 144 valence electrons. The first-order chi connectivity index (χ1) is 12.8. The van der Waals surface area contributed by atoms with Crippen molar-refractivity contribution in [1.82, 2.24) is 0 Å². The Hall–Kier alpha value is -3.00. The Labute approximate surface area is 155 Å². The molecule has 0 fully saturated rings. The number of likely N-dealkylation sites (N-methyl/N-ethyl adjacent to an activating group) is 1. The highest BCUT2D eigenvalue weighted by atomic mass is 19.3. The molecule has 0 saturated heterocycles. The van der Waals surface area contributed by atoms with Crippen molar-refractivity contribution in [3.63, 3.8) is 0 Å². The topological polar surface area (TPSA) is 85.9 Å². The normalized spacial score (nSPS) is 13.1. The summed E-state index contributed by atoms with van der Waals surface area (Å²) in [7, 11) is 1.87. The molecule has 0 saturated carbocycles. The lowest BCUT2D eigenvalue weighted by molar-refractivity contribution is -0.907. The molecular formula is C19H22F2N3O3+. The van der Waals surface area contributed by atoms with Crippen LogP contribution in [0.1, 0.15) is 22.8 Å². The van der Waals surface area contributed by atoms with Crippen molar-refractivity contribution in [1.29, 1.82) is 0 Å². The summed E-state index contributed by atoms with van der Waals surface area (Å²) in [5.41, 5.74) is 7.00. The molecule has 27 heavy (non-hydrogen) atoms. The third-order valence-electron chi connectivity index (χ3n) is 4.20. The monoisotopic (exact) mass is 378 g/mol. The van der Waals surface area contributed by atoms with Crippen LogP contribution in [0.4, 0.5) is 14.5 Å². The van der Waals surface area contributed by atoms with E-state index in [1.807, 2.05) is 7.05 Å². The highest BCUT2D eigenvalue weighted by molar-refractivity contribution is 5.95. The second-order valence-electron chi connectivity index (χ2n) is 6.20. The molecule has 2 aromatic rings. The van der Waals surface area contributed by atoms with Gasteiger partial charge in [-0.2, -0.15) is 8.78 Å². The molecule has 2 atom stereocenters. The number of amides is 2. The molecule has 0 bridgehead atoms. The number of alkyl halides is 2. The van der Waals surface area contributed by atoms with Gasteiger partial charge in [-0.25, -0.2) is 0 Å². The number of hydrogen-bond acceptors (Lipinski definition) is 3. The van der Waals surface area contributed by atoms with E-state index in [9.17, 15) is 18.4 Å². The molecule has 2 aromatic carbocycles. The van der Waals surface area contributed by atoms with Gasteiger partial charge in [-0.15, -0.1) is 0 Å². The Bertz CT molecular complexity index is 780. The second kappa shape index (κ2) is 9.09. The lowest BCUT2D eigenvalue weighted by Gasteiger charge is -2.21. The van der Waals surface area contributed by atoms with E-state index in [2.05, 4.69) is 10.1 Å². The molecule has 0 radical (unpaired) electrons. The highest BCUT2D eigenvalue weighted by Crippen LogP contribution is 2.14. The van der Waals surface area contributed by atoms with E-state index in [1.165, 1.54) is 12.1 Å². The number of nitrogens with two attached hydrogens (primary N) is 1. The first-order valence-electron chi connectivity index (χ1n) is 8.33. The van der Waals surface area contributed by atoms with Crippen molar-refractivity contribution in [2.24, 2.45) is 5.73 Å². The minimum atomic E-state index is -2.86. The van der Waals surface area contributed by atoms with E-state index in [0.29, 0.717) is 17.8 Å². The number of carbonyl (C=O) groups is 2. The maximum Gasteiger partial charge on any atom is 0.387 e. The molecule has 2 rings (SSSR count). The zero-order chi connectivity index (χ0) is 20.0. The van der Waals surface area contributed by atoms with Gasteiger partial charge < -0.3 is 20.7 Å². The van der Waals surface area contributed by atoms with Gasteiger partial charge in [-0.1, -0.05) is 0 Å². The zero-order valence-electron chi connectivity index (χ0n) is 15.0. The summed E-state index contributed by atoms with van der Waals surface area (Å²) in [6.45, 7) is -0.536. The van der Waals surface area contributed by atoms with E-state index in [4.69, 9.17) is 5.73 Å². The van der Waals surface area contributed by atoms with Crippen LogP contribution in [0.25, 0.3) is 0 Å². The van der Waals surface area contributed by atoms with E-state index in [0.717, 1.165) is 10.5 Å². The summed E-state index contributed by atoms with van der Waals surface area (Å²) in [4.78, 5) is 24.4. The van der Waals surface area contributed by atoms with Gasteiger partial charge in [-0.3, -0.25) is 9.59 Å². The minimum absolute atomic E-state index is 0.0941. The fourth-order valence-corrected chi connectivity index (χ4v) is 2.46. The minimum Gasteiger partial charge on any atom is -0.435 e. The van der Waals surface area contributed by atoms with E-state index < -0.39 is 12.5 Å². The number of carbonyl (C=O) groups excluding carboxylic acids is 2. The Kier molecular flexibility index (Phi) is 6.84. The fraction of sp³-hybridized carbons (Fsp3) is 0.263. The van der Waals surface area contributed by atoms with Crippen LogP contribution in [0.2, 0.25) is 0 Å². The van der Waals surface area contributed by atoms with Gasteiger partial charge in [0.2, 0.25) is 5.91 Å². The Balaban J connectivity index is 1.92. The summed E-state index contributed by atoms with van der Waals surface area (Å²) in [6.07, 6.45) is 0. The number of nitrogens with one attached hydrogen (secondary N) is 2. The third-order valence-corrected chi connectivity index (χ3v) is 4.20. The Morgan fingerprint density at radius 2 is 1.70 bits per heavy atom. The lowest BCUT2D eigenvalue weighted by Crippen LogP contribution is -3.12. The van der Waals surface area contributed by atoms with E-state index in [1.54, 1.807) is 43.3 Å². The van der Waals surface area contributed by atoms with Gasteiger partial charge in [0.15, 0.2) is 6.04 Å². The molecule has 0 heterocycles. The molecule has 4 N–H and O–H groups in total. The summed E-state index contributed by atoms with van der Waals surface area (Å²) in [6, 6.07) is 12.3. The fourth-order valence-electron chi connectivity index (χ4n) is 2.46. The quantitative estimate of drug-likeness (QED) is 0.650. The molecule has 0 spiro atoms.